The Kier molecular flexibility index (Phi) is 6.51. The van der Waals surface area contributed by atoms with Crippen LogP contribution in [0.1, 0.15) is 30.1 Å². The van der Waals surface area contributed by atoms with Crippen LogP contribution in [-0.2, 0) is 19.6 Å². The molecule has 1 unspecified atom stereocenters. The van der Waals surface area contributed by atoms with Crippen molar-refractivity contribution < 1.29 is 27.9 Å². The van der Waals surface area contributed by atoms with Gasteiger partial charge in [-0.25, -0.2) is 8.42 Å². The number of nitrogens with zero attached hydrogens (tertiary/aromatic N) is 1. The zero-order valence-electron chi connectivity index (χ0n) is 14.0. The Morgan fingerprint density at radius 2 is 1.84 bits per heavy atom. The molecule has 1 aliphatic heterocycles. The predicted octanol–water partition coefficient (Wildman–Crippen LogP) is 0.691. The number of carbonyl (C=O) groups excluding carboxylic acids is 1. The Morgan fingerprint density at radius 3 is 2.40 bits per heavy atom. The van der Waals surface area contributed by atoms with E-state index in [1.54, 1.807) is 6.92 Å². The summed E-state index contributed by atoms with van der Waals surface area (Å²) in [6.45, 7) is 3.08. The molecule has 0 bridgehead atoms. The number of carbonyl (C=O) groups is 2. The van der Waals surface area contributed by atoms with E-state index in [2.05, 4.69) is 5.32 Å². The summed E-state index contributed by atoms with van der Waals surface area (Å²) in [7, 11) is -3.59. The molecule has 0 spiro atoms. The van der Waals surface area contributed by atoms with Gasteiger partial charge in [0.25, 0.3) is 5.91 Å². The van der Waals surface area contributed by atoms with Crippen LogP contribution in [0.2, 0.25) is 0 Å². The smallest absolute Gasteiger partial charge is 0.303 e. The first-order chi connectivity index (χ1) is 11.8. The molecular formula is C16H22N2O6S. The molecule has 1 saturated heterocycles. The van der Waals surface area contributed by atoms with E-state index in [1.807, 2.05) is 0 Å². The zero-order chi connectivity index (χ0) is 18.4. The molecule has 0 radical (unpaired) electrons. The third-order valence-electron chi connectivity index (χ3n) is 3.89. The minimum absolute atomic E-state index is 0.0296. The number of morpholine rings is 1. The van der Waals surface area contributed by atoms with Gasteiger partial charge in [-0.3, -0.25) is 9.59 Å². The largest absolute Gasteiger partial charge is 0.481 e. The van der Waals surface area contributed by atoms with Crippen LogP contribution in [0, 0.1) is 0 Å². The van der Waals surface area contributed by atoms with Crippen molar-refractivity contribution in [2.24, 2.45) is 0 Å². The highest BCUT2D eigenvalue weighted by atomic mass is 32.2. The van der Waals surface area contributed by atoms with Crippen LogP contribution in [-0.4, -0.2) is 62.1 Å². The van der Waals surface area contributed by atoms with Crippen molar-refractivity contribution in [2.75, 3.05) is 26.3 Å². The maximum atomic E-state index is 12.5. The van der Waals surface area contributed by atoms with Gasteiger partial charge in [-0.15, -0.1) is 0 Å². The van der Waals surface area contributed by atoms with Gasteiger partial charge in [0.15, 0.2) is 0 Å². The number of amides is 1. The number of benzene rings is 1. The molecule has 1 aliphatic rings. The molecule has 1 fully saturated rings. The number of hydrogen-bond donors (Lipinski definition) is 2. The number of rotatable bonds is 7. The van der Waals surface area contributed by atoms with Crippen molar-refractivity contribution in [1.82, 2.24) is 9.62 Å². The zero-order valence-corrected chi connectivity index (χ0v) is 14.8. The first kappa shape index (κ1) is 19.4. The van der Waals surface area contributed by atoms with Gasteiger partial charge >= 0.3 is 5.97 Å². The molecule has 2 N–H and O–H groups in total. The first-order valence-electron chi connectivity index (χ1n) is 8.01. The summed E-state index contributed by atoms with van der Waals surface area (Å²) < 4.78 is 31.5. The minimum Gasteiger partial charge on any atom is -0.481 e. The van der Waals surface area contributed by atoms with Crippen LogP contribution in [0.25, 0.3) is 0 Å². The normalized spacial score (nSPS) is 17.0. The highest BCUT2D eigenvalue weighted by Gasteiger charge is 2.26. The van der Waals surface area contributed by atoms with Crippen molar-refractivity contribution in [3.63, 3.8) is 0 Å². The van der Waals surface area contributed by atoms with Crippen LogP contribution >= 0.6 is 0 Å². The Labute approximate surface area is 146 Å². The molecule has 25 heavy (non-hydrogen) atoms. The van der Waals surface area contributed by atoms with Gasteiger partial charge in [0.05, 0.1) is 18.1 Å². The van der Waals surface area contributed by atoms with Crippen LogP contribution in [0.4, 0.5) is 0 Å². The Hall–Kier alpha value is -1.97. The molecule has 9 heteroatoms. The van der Waals surface area contributed by atoms with E-state index in [0.717, 1.165) is 0 Å². The summed E-state index contributed by atoms with van der Waals surface area (Å²) in [4.78, 5) is 22.8. The predicted molar refractivity (Wildman–Crippen MR) is 89.8 cm³/mol. The van der Waals surface area contributed by atoms with Crippen molar-refractivity contribution in [3.8, 4) is 0 Å². The van der Waals surface area contributed by atoms with Crippen molar-refractivity contribution in [1.29, 1.82) is 0 Å². The summed E-state index contributed by atoms with van der Waals surface area (Å²) in [6.07, 6.45) is 0.294. The van der Waals surface area contributed by atoms with Gasteiger partial charge in [-0.05, 0) is 37.6 Å². The second-order valence-corrected chi connectivity index (χ2v) is 7.79. The average Bonchev–Trinajstić information content (AvgIpc) is 2.61. The van der Waals surface area contributed by atoms with Gasteiger partial charge in [0.1, 0.15) is 0 Å². The SMILES string of the molecule is CC(CCC(=O)O)NC(=O)c1ccc(S(=O)(=O)N2CCOCC2)cc1. The third-order valence-corrected chi connectivity index (χ3v) is 5.81. The molecule has 1 amide bonds. The third kappa shape index (κ3) is 5.25. The highest BCUT2D eigenvalue weighted by molar-refractivity contribution is 7.89. The number of ether oxygens (including phenoxy) is 1. The second-order valence-electron chi connectivity index (χ2n) is 5.85. The molecular weight excluding hydrogens is 348 g/mol. The first-order valence-corrected chi connectivity index (χ1v) is 9.45. The van der Waals surface area contributed by atoms with Crippen molar-refractivity contribution in [2.45, 2.75) is 30.7 Å². The lowest BCUT2D eigenvalue weighted by Crippen LogP contribution is -2.40. The van der Waals surface area contributed by atoms with E-state index in [1.165, 1.54) is 28.6 Å². The van der Waals surface area contributed by atoms with Crippen molar-refractivity contribution >= 4 is 21.9 Å². The lowest BCUT2D eigenvalue weighted by atomic mass is 10.1. The second kappa shape index (κ2) is 8.41. The van der Waals surface area contributed by atoms with Crippen LogP contribution in [0.15, 0.2) is 29.2 Å². The molecule has 8 nitrogen and oxygen atoms in total. The molecule has 0 aromatic heterocycles. The number of carboxylic acids is 1. The molecule has 0 saturated carbocycles. The fraction of sp³-hybridized carbons (Fsp3) is 0.500. The molecule has 1 atom stereocenters. The number of sulfonamides is 1. The van der Waals surface area contributed by atoms with E-state index in [9.17, 15) is 18.0 Å². The maximum Gasteiger partial charge on any atom is 0.303 e. The molecule has 138 valence electrons. The molecule has 1 aromatic rings. The number of carboxylic acid groups (broad SMARTS) is 1. The summed E-state index contributed by atoms with van der Waals surface area (Å²) >= 11 is 0. The van der Waals surface area contributed by atoms with E-state index in [4.69, 9.17) is 9.84 Å². The lowest BCUT2D eigenvalue weighted by Gasteiger charge is -2.26. The standard InChI is InChI=1S/C16H22N2O6S/c1-12(2-7-15(19)20)17-16(21)13-3-5-14(6-4-13)25(22,23)18-8-10-24-11-9-18/h3-6,12H,2,7-11H2,1H3,(H,17,21)(H,19,20). The van der Waals surface area contributed by atoms with E-state index in [0.29, 0.717) is 38.3 Å². The summed E-state index contributed by atoms with van der Waals surface area (Å²) in [5.41, 5.74) is 0.322. The Morgan fingerprint density at radius 1 is 1.24 bits per heavy atom. The van der Waals surface area contributed by atoms with E-state index < -0.39 is 16.0 Å². The van der Waals surface area contributed by atoms with Gasteiger partial charge < -0.3 is 15.2 Å². The van der Waals surface area contributed by atoms with Crippen LogP contribution in [0.3, 0.4) is 0 Å². The monoisotopic (exact) mass is 370 g/mol. The number of aliphatic carboxylic acids is 1. The molecule has 1 heterocycles. The lowest BCUT2D eigenvalue weighted by molar-refractivity contribution is -0.137. The van der Waals surface area contributed by atoms with Gasteiger partial charge in [0.2, 0.25) is 10.0 Å². The van der Waals surface area contributed by atoms with Gasteiger partial charge in [-0.2, -0.15) is 4.31 Å². The number of hydrogen-bond acceptors (Lipinski definition) is 5. The quantitative estimate of drug-likeness (QED) is 0.730. The van der Waals surface area contributed by atoms with E-state index >= 15 is 0 Å². The van der Waals surface area contributed by atoms with E-state index in [-0.39, 0.29) is 23.3 Å². The van der Waals surface area contributed by atoms with Crippen LogP contribution in [0.5, 0.6) is 0 Å². The summed E-state index contributed by atoms with van der Waals surface area (Å²) in [5, 5.41) is 11.3. The fourth-order valence-electron chi connectivity index (χ4n) is 2.43. The molecule has 2 rings (SSSR count). The highest BCUT2D eigenvalue weighted by Crippen LogP contribution is 2.17. The maximum absolute atomic E-state index is 12.5. The van der Waals surface area contributed by atoms with Crippen LogP contribution < -0.4 is 5.32 Å². The molecule has 1 aromatic carbocycles. The fourth-order valence-corrected chi connectivity index (χ4v) is 3.84. The number of nitrogens with one attached hydrogen (secondary N) is 1. The topological polar surface area (TPSA) is 113 Å². The minimum atomic E-state index is -3.59. The Balaban J connectivity index is 2.01. The molecule has 0 aliphatic carbocycles. The van der Waals surface area contributed by atoms with Gasteiger partial charge in [-0.1, -0.05) is 0 Å². The average molecular weight is 370 g/mol. The van der Waals surface area contributed by atoms with Crippen molar-refractivity contribution in [3.05, 3.63) is 29.8 Å². The van der Waals surface area contributed by atoms with Gasteiger partial charge in [0, 0.05) is 31.1 Å². The summed E-state index contributed by atoms with van der Waals surface area (Å²) in [6, 6.07) is 5.42. The Bertz CT molecular complexity index is 711. The summed E-state index contributed by atoms with van der Waals surface area (Å²) in [5.74, 6) is -1.29.